The van der Waals surface area contributed by atoms with E-state index in [1.165, 1.54) is 38.1 Å². The Labute approximate surface area is 152 Å². The molecule has 0 radical (unpaired) electrons. The van der Waals surface area contributed by atoms with Crippen molar-refractivity contribution in [3.05, 3.63) is 11.1 Å². The molecule has 0 bridgehead atoms. The normalized spacial score (nSPS) is 30.0. The fraction of sp³-hybridized carbons (Fsp3) is 0.900. The molecular formula is C20H42B2Sn. The molecule has 0 unspecified atom stereocenters. The van der Waals surface area contributed by atoms with Crippen LogP contribution in [-0.2, 0) is 0 Å². The van der Waals surface area contributed by atoms with Crippen molar-refractivity contribution in [1.29, 1.82) is 0 Å². The first-order valence-electron chi connectivity index (χ1n) is 10.4. The van der Waals surface area contributed by atoms with Crippen LogP contribution >= 0.6 is 0 Å². The third-order valence-corrected chi connectivity index (χ3v) is 27.8. The maximum atomic E-state index is 2.83. The Kier molecular flexibility index (Phi) is 7.47. The van der Waals surface area contributed by atoms with Gasteiger partial charge in [0.2, 0.25) is 0 Å². The zero-order chi connectivity index (χ0) is 18.1. The average Bonchev–Trinajstić information content (AvgIpc) is 2.67. The number of rotatable bonds is 8. The molecule has 0 saturated carbocycles. The molecule has 0 aliphatic carbocycles. The minimum absolute atomic E-state index is 0.584. The second kappa shape index (κ2) is 7.92. The first-order chi connectivity index (χ1) is 10.7. The van der Waals surface area contributed by atoms with Crippen molar-refractivity contribution < 1.29 is 0 Å². The van der Waals surface area contributed by atoms with Gasteiger partial charge in [0.1, 0.15) is 0 Å². The van der Waals surface area contributed by atoms with Gasteiger partial charge in [-0.25, -0.2) is 0 Å². The van der Waals surface area contributed by atoms with Gasteiger partial charge in [-0.3, -0.25) is 0 Å². The van der Waals surface area contributed by atoms with Gasteiger partial charge in [0.15, 0.2) is 0 Å². The quantitative estimate of drug-likeness (QED) is 0.280. The number of allylic oxidation sites excluding steroid dienone is 2. The molecule has 1 aliphatic heterocycles. The van der Waals surface area contributed by atoms with Gasteiger partial charge in [0.05, 0.1) is 0 Å². The van der Waals surface area contributed by atoms with Gasteiger partial charge in [-0.1, -0.05) is 0 Å². The van der Waals surface area contributed by atoms with Crippen LogP contribution in [0.4, 0.5) is 0 Å². The van der Waals surface area contributed by atoms with Crippen molar-refractivity contribution in [2.75, 3.05) is 0 Å². The van der Waals surface area contributed by atoms with Gasteiger partial charge in [-0.05, 0) is 0 Å². The van der Waals surface area contributed by atoms with Crippen LogP contribution in [-0.4, -0.2) is 31.8 Å². The number of hydrogen-bond donors (Lipinski definition) is 0. The molecule has 1 heterocycles. The van der Waals surface area contributed by atoms with Crippen LogP contribution in [0.5, 0.6) is 0 Å². The van der Waals surface area contributed by atoms with Crippen molar-refractivity contribution in [3.63, 3.8) is 0 Å². The molecule has 23 heavy (non-hydrogen) atoms. The Balaban J connectivity index is 3.75. The molecule has 0 saturated heterocycles. The Morgan fingerprint density at radius 3 is 1.09 bits per heavy atom. The molecule has 2 atom stereocenters. The van der Waals surface area contributed by atoms with Crippen LogP contribution in [0.2, 0.25) is 41.8 Å². The molecule has 0 aromatic heterocycles. The predicted octanol–water partition coefficient (Wildman–Crippen LogP) is 7.49. The van der Waals surface area contributed by atoms with Crippen LogP contribution in [0.25, 0.3) is 0 Å². The van der Waals surface area contributed by atoms with E-state index in [-0.39, 0.29) is 0 Å². The first-order valence-corrected chi connectivity index (χ1v) is 19.0. The molecule has 132 valence electrons. The van der Waals surface area contributed by atoms with Crippen LogP contribution in [0, 0.1) is 0 Å². The van der Waals surface area contributed by atoms with Crippen molar-refractivity contribution in [2.24, 2.45) is 0 Å². The summed E-state index contributed by atoms with van der Waals surface area (Å²) < 4.78 is 1.17. The molecule has 0 nitrogen and oxygen atoms in total. The fourth-order valence-electron chi connectivity index (χ4n) is 7.60. The third kappa shape index (κ3) is 2.63. The molecule has 1 aliphatic rings. The topological polar surface area (TPSA) is 0 Å². The van der Waals surface area contributed by atoms with E-state index in [4.69, 9.17) is 0 Å². The molecule has 3 heteroatoms. The van der Waals surface area contributed by atoms with Gasteiger partial charge in [0, 0.05) is 0 Å². The summed E-state index contributed by atoms with van der Waals surface area (Å²) in [5.41, 5.74) is 3.67. The third-order valence-electron chi connectivity index (χ3n) is 8.61. The molecule has 0 fully saturated rings. The summed E-state index contributed by atoms with van der Waals surface area (Å²) in [5.74, 6) is 0. The summed E-state index contributed by atoms with van der Waals surface area (Å²) in [6.45, 7) is 21.7. The molecular weight excluding hydrogens is 381 g/mol. The zero-order valence-electron chi connectivity index (χ0n) is 17.9. The minimum atomic E-state index is -2.46. The van der Waals surface area contributed by atoms with Crippen LogP contribution in [0.1, 0.15) is 68.2 Å². The molecule has 0 aromatic carbocycles. The van der Waals surface area contributed by atoms with Crippen LogP contribution in [0.15, 0.2) is 11.1 Å². The van der Waals surface area contributed by atoms with E-state index in [0.717, 1.165) is 13.4 Å². The standard InChI is InChI=1S/C18H36B2.2CH3.Sn/c1-9-17(19(11-3)12-4)15(7)16(8)18(10-2)20(13-5)14-6;;;/h9-14H2,1-8H3;2*1H3;. The van der Waals surface area contributed by atoms with E-state index in [2.05, 4.69) is 65.3 Å². The molecule has 0 N–H and O–H groups in total. The van der Waals surface area contributed by atoms with Gasteiger partial charge in [0.25, 0.3) is 0 Å². The second-order valence-electron chi connectivity index (χ2n) is 8.55. The van der Waals surface area contributed by atoms with E-state index in [1.54, 1.807) is 0 Å². The summed E-state index contributed by atoms with van der Waals surface area (Å²) in [6.07, 6.45) is 8.20. The van der Waals surface area contributed by atoms with E-state index in [9.17, 15) is 0 Å². The van der Waals surface area contributed by atoms with Crippen LogP contribution < -0.4 is 0 Å². The monoisotopic (exact) mass is 424 g/mol. The Bertz CT molecular complexity index is 397. The Hall–Kier alpha value is 0.669. The van der Waals surface area contributed by atoms with E-state index in [0.29, 0.717) is 6.66 Å². The van der Waals surface area contributed by atoms with Crippen molar-refractivity contribution in [2.45, 2.75) is 110 Å². The van der Waals surface area contributed by atoms with E-state index < -0.39 is 18.4 Å². The van der Waals surface area contributed by atoms with Gasteiger partial charge in [-0.2, -0.15) is 0 Å². The van der Waals surface area contributed by atoms with Crippen molar-refractivity contribution in [1.82, 2.24) is 0 Å². The van der Waals surface area contributed by atoms with Crippen LogP contribution in [0.3, 0.4) is 0 Å². The van der Waals surface area contributed by atoms with Crippen molar-refractivity contribution in [3.8, 4) is 0 Å². The van der Waals surface area contributed by atoms with Gasteiger partial charge >= 0.3 is 153 Å². The molecule has 0 spiro atoms. The van der Waals surface area contributed by atoms with Crippen molar-refractivity contribution >= 4 is 31.8 Å². The van der Waals surface area contributed by atoms with Gasteiger partial charge in [-0.15, -0.1) is 0 Å². The number of hydrogen-bond acceptors (Lipinski definition) is 0. The summed E-state index contributed by atoms with van der Waals surface area (Å²) in [5, 5.41) is 0. The summed E-state index contributed by atoms with van der Waals surface area (Å²) in [6, 6.07) is 0. The maximum absolute atomic E-state index is 2.83. The summed E-state index contributed by atoms with van der Waals surface area (Å²) in [7, 11) is 0. The first kappa shape index (κ1) is 21.7. The van der Waals surface area contributed by atoms with E-state index >= 15 is 0 Å². The molecule has 0 aromatic rings. The average molecular weight is 423 g/mol. The Morgan fingerprint density at radius 2 is 0.913 bits per heavy atom. The fourth-order valence-corrected chi connectivity index (χ4v) is 29.5. The zero-order valence-corrected chi connectivity index (χ0v) is 20.8. The Morgan fingerprint density at radius 1 is 0.652 bits per heavy atom. The van der Waals surface area contributed by atoms with Gasteiger partial charge < -0.3 is 0 Å². The van der Waals surface area contributed by atoms with E-state index in [1.807, 2.05) is 11.1 Å². The molecule has 1 rings (SSSR count). The SMILES string of the molecule is CCB(CC)[C@@]1(CC)C(C)=C(C)[C@@](CC)(B(CC)CC)[Sn]1([CH3])[CH3]. The molecule has 0 amide bonds. The summed E-state index contributed by atoms with van der Waals surface area (Å²) in [4.78, 5) is 5.66. The predicted molar refractivity (Wildman–Crippen MR) is 115 cm³/mol. The second-order valence-corrected chi connectivity index (χ2v) is 22.9. The summed E-state index contributed by atoms with van der Waals surface area (Å²) >= 11 is -2.46.